The number of carbonyl (C=O) groups is 1. The van der Waals surface area contributed by atoms with Crippen LogP contribution in [0.5, 0.6) is 0 Å². The first-order chi connectivity index (χ1) is 8.87. The van der Waals surface area contributed by atoms with Crippen molar-refractivity contribution in [2.45, 2.75) is 52.5 Å². The molecule has 0 atom stereocenters. The number of aromatic carboxylic acids is 1. The van der Waals surface area contributed by atoms with Crippen LogP contribution in [0.15, 0.2) is 18.2 Å². The van der Waals surface area contributed by atoms with Crippen LogP contribution in [0.25, 0.3) is 0 Å². The standard InChI is InChI=1S/C16H23NO2/c1-11-4-5-12(15(18)19)10-14(11)17-13-6-8-16(2,3)9-7-13/h4-5,10,13,17H,6-9H2,1-3H3,(H,18,19). The van der Waals surface area contributed by atoms with Crippen molar-refractivity contribution < 1.29 is 9.90 Å². The van der Waals surface area contributed by atoms with Gasteiger partial charge in [0.25, 0.3) is 0 Å². The number of carboxylic acid groups (broad SMARTS) is 1. The van der Waals surface area contributed by atoms with Crippen LogP contribution in [0.4, 0.5) is 5.69 Å². The van der Waals surface area contributed by atoms with E-state index in [0.717, 1.165) is 24.1 Å². The van der Waals surface area contributed by atoms with E-state index in [4.69, 9.17) is 5.11 Å². The molecule has 1 aliphatic carbocycles. The highest BCUT2D eigenvalue weighted by molar-refractivity contribution is 5.89. The second-order valence-electron chi connectivity index (χ2n) is 6.42. The van der Waals surface area contributed by atoms with Gasteiger partial charge in [0.2, 0.25) is 0 Å². The first kappa shape index (κ1) is 13.9. The number of hydrogen-bond acceptors (Lipinski definition) is 2. The van der Waals surface area contributed by atoms with Gasteiger partial charge in [0, 0.05) is 11.7 Å². The largest absolute Gasteiger partial charge is 0.478 e. The predicted octanol–water partition coefficient (Wildman–Crippen LogP) is 4.07. The van der Waals surface area contributed by atoms with E-state index < -0.39 is 5.97 Å². The van der Waals surface area contributed by atoms with Crippen LogP contribution < -0.4 is 5.32 Å². The Labute approximate surface area is 115 Å². The Balaban J connectivity index is 2.07. The quantitative estimate of drug-likeness (QED) is 0.862. The SMILES string of the molecule is Cc1ccc(C(=O)O)cc1NC1CCC(C)(C)CC1. The Morgan fingerprint density at radius 2 is 1.95 bits per heavy atom. The zero-order valence-electron chi connectivity index (χ0n) is 12.0. The maximum atomic E-state index is 11.0. The zero-order chi connectivity index (χ0) is 14.0. The van der Waals surface area contributed by atoms with Crippen LogP contribution in [0.3, 0.4) is 0 Å². The lowest BCUT2D eigenvalue weighted by Gasteiger charge is -2.35. The van der Waals surface area contributed by atoms with Crippen molar-refractivity contribution in [2.24, 2.45) is 5.41 Å². The zero-order valence-corrected chi connectivity index (χ0v) is 12.0. The lowest BCUT2D eigenvalue weighted by atomic mass is 9.75. The molecule has 2 rings (SSSR count). The van der Waals surface area contributed by atoms with Gasteiger partial charge >= 0.3 is 5.97 Å². The summed E-state index contributed by atoms with van der Waals surface area (Å²) in [5.41, 5.74) is 2.87. The molecule has 1 aromatic carbocycles. The summed E-state index contributed by atoms with van der Waals surface area (Å²) in [7, 11) is 0. The smallest absolute Gasteiger partial charge is 0.335 e. The van der Waals surface area contributed by atoms with Gasteiger partial charge < -0.3 is 10.4 Å². The Morgan fingerprint density at radius 1 is 1.32 bits per heavy atom. The molecule has 0 spiro atoms. The molecular weight excluding hydrogens is 238 g/mol. The Kier molecular flexibility index (Phi) is 3.83. The summed E-state index contributed by atoms with van der Waals surface area (Å²) >= 11 is 0. The van der Waals surface area contributed by atoms with Crippen LogP contribution in [0.1, 0.15) is 55.5 Å². The Morgan fingerprint density at radius 3 is 2.53 bits per heavy atom. The molecular formula is C16H23NO2. The average Bonchev–Trinajstić information content (AvgIpc) is 2.34. The van der Waals surface area contributed by atoms with Gasteiger partial charge in [0.05, 0.1) is 5.56 Å². The fourth-order valence-electron chi connectivity index (χ4n) is 2.67. The van der Waals surface area contributed by atoms with Crippen molar-refractivity contribution in [3.8, 4) is 0 Å². The van der Waals surface area contributed by atoms with Gasteiger partial charge in [-0.2, -0.15) is 0 Å². The molecule has 3 nitrogen and oxygen atoms in total. The monoisotopic (exact) mass is 261 g/mol. The lowest BCUT2D eigenvalue weighted by Crippen LogP contribution is -2.30. The van der Waals surface area contributed by atoms with Crippen molar-refractivity contribution in [1.82, 2.24) is 0 Å². The summed E-state index contributed by atoms with van der Waals surface area (Å²) in [6.07, 6.45) is 4.76. The van der Waals surface area contributed by atoms with Crippen LogP contribution >= 0.6 is 0 Å². The van der Waals surface area contributed by atoms with Crippen LogP contribution in [0.2, 0.25) is 0 Å². The third-order valence-electron chi connectivity index (χ3n) is 4.18. The Hall–Kier alpha value is -1.51. The molecule has 0 bridgehead atoms. The normalized spacial score (nSPS) is 19.1. The van der Waals surface area contributed by atoms with Crippen molar-refractivity contribution in [2.75, 3.05) is 5.32 Å². The minimum atomic E-state index is -0.868. The molecule has 0 aliphatic heterocycles. The van der Waals surface area contributed by atoms with E-state index in [9.17, 15) is 4.79 Å². The average molecular weight is 261 g/mol. The number of aryl methyl sites for hydroxylation is 1. The molecule has 0 saturated heterocycles. The fourth-order valence-corrected chi connectivity index (χ4v) is 2.67. The molecule has 2 N–H and O–H groups in total. The van der Waals surface area contributed by atoms with Gasteiger partial charge in [0.15, 0.2) is 0 Å². The number of hydrogen-bond donors (Lipinski definition) is 2. The number of anilines is 1. The van der Waals surface area contributed by atoms with E-state index in [0.29, 0.717) is 17.0 Å². The summed E-state index contributed by atoms with van der Waals surface area (Å²) in [6.45, 7) is 6.65. The second-order valence-corrected chi connectivity index (χ2v) is 6.42. The van der Waals surface area contributed by atoms with Crippen LogP contribution in [-0.4, -0.2) is 17.1 Å². The molecule has 19 heavy (non-hydrogen) atoms. The summed E-state index contributed by atoms with van der Waals surface area (Å²) in [4.78, 5) is 11.0. The number of benzene rings is 1. The van der Waals surface area contributed by atoms with E-state index in [-0.39, 0.29) is 0 Å². The van der Waals surface area contributed by atoms with E-state index in [1.54, 1.807) is 12.1 Å². The van der Waals surface area contributed by atoms with Crippen molar-refractivity contribution in [3.05, 3.63) is 29.3 Å². The molecule has 0 radical (unpaired) electrons. The molecule has 1 saturated carbocycles. The maximum absolute atomic E-state index is 11.0. The van der Waals surface area contributed by atoms with E-state index in [1.807, 2.05) is 13.0 Å². The first-order valence-electron chi connectivity index (χ1n) is 6.98. The van der Waals surface area contributed by atoms with Crippen molar-refractivity contribution in [1.29, 1.82) is 0 Å². The van der Waals surface area contributed by atoms with E-state index >= 15 is 0 Å². The van der Waals surface area contributed by atoms with Crippen LogP contribution in [0, 0.1) is 12.3 Å². The maximum Gasteiger partial charge on any atom is 0.335 e. The molecule has 1 aliphatic rings. The lowest BCUT2D eigenvalue weighted by molar-refractivity contribution is 0.0697. The van der Waals surface area contributed by atoms with Gasteiger partial charge in [0.1, 0.15) is 0 Å². The second kappa shape index (κ2) is 5.24. The van der Waals surface area contributed by atoms with Crippen LogP contribution in [-0.2, 0) is 0 Å². The van der Waals surface area contributed by atoms with E-state index in [1.165, 1.54) is 12.8 Å². The highest BCUT2D eigenvalue weighted by atomic mass is 16.4. The summed E-state index contributed by atoms with van der Waals surface area (Å²) in [5, 5.41) is 12.6. The summed E-state index contributed by atoms with van der Waals surface area (Å²) < 4.78 is 0. The minimum Gasteiger partial charge on any atom is -0.478 e. The summed E-state index contributed by atoms with van der Waals surface area (Å²) in [6, 6.07) is 5.75. The Bertz CT molecular complexity index is 470. The minimum absolute atomic E-state index is 0.351. The third kappa shape index (κ3) is 3.49. The molecule has 1 fully saturated rings. The third-order valence-corrected chi connectivity index (χ3v) is 4.18. The molecule has 1 aromatic rings. The van der Waals surface area contributed by atoms with Crippen molar-refractivity contribution in [3.63, 3.8) is 0 Å². The van der Waals surface area contributed by atoms with Gasteiger partial charge in [-0.1, -0.05) is 19.9 Å². The molecule has 0 heterocycles. The number of nitrogens with one attached hydrogen (secondary N) is 1. The molecule has 3 heteroatoms. The highest BCUT2D eigenvalue weighted by Gasteiger charge is 2.26. The molecule has 104 valence electrons. The highest BCUT2D eigenvalue weighted by Crippen LogP contribution is 2.36. The van der Waals surface area contributed by atoms with Gasteiger partial charge in [-0.05, 0) is 55.7 Å². The van der Waals surface area contributed by atoms with Gasteiger partial charge in [-0.3, -0.25) is 0 Å². The molecule has 0 amide bonds. The van der Waals surface area contributed by atoms with E-state index in [2.05, 4.69) is 19.2 Å². The van der Waals surface area contributed by atoms with Gasteiger partial charge in [-0.25, -0.2) is 4.79 Å². The van der Waals surface area contributed by atoms with Crippen molar-refractivity contribution >= 4 is 11.7 Å². The predicted molar refractivity (Wildman–Crippen MR) is 77.8 cm³/mol. The molecule has 0 aromatic heterocycles. The summed E-state index contributed by atoms with van der Waals surface area (Å²) in [5.74, 6) is -0.868. The first-order valence-corrected chi connectivity index (χ1v) is 6.98. The number of carboxylic acids is 1. The van der Waals surface area contributed by atoms with Gasteiger partial charge in [-0.15, -0.1) is 0 Å². The topological polar surface area (TPSA) is 49.3 Å². The fraction of sp³-hybridized carbons (Fsp3) is 0.562. The molecule has 0 unspecified atom stereocenters. The number of rotatable bonds is 3.